The number of rotatable bonds is 3. The molecule has 0 aliphatic rings. The van der Waals surface area contributed by atoms with Crippen LogP contribution in [0.25, 0.3) is 0 Å². The Kier molecular flexibility index (Phi) is 3.69. The third-order valence-corrected chi connectivity index (χ3v) is 1.62. The maximum atomic E-state index is 12.5. The molecule has 3 nitrogen and oxygen atoms in total. The number of halogens is 1. The number of carbonyl (C=O) groups is 1. The van der Waals surface area contributed by atoms with Crippen molar-refractivity contribution in [2.45, 2.75) is 13.0 Å². The zero-order valence-corrected chi connectivity index (χ0v) is 8.07. The summed E-state index contributed by atoms with van der Waals surface area (Å²) in [6.07, 6.45) is 5.71. The first-order chi connectivity index (χ1) is 7.13. The highest BCUT2D eigenvalue weighted by molar-refractivity contribution is 5.75. The zero-order chi connectivity index (χ0) is 11.3. The van der Waals surface area contributed by atoms with Crippen LogP contribution in [0.2, 0.25) is 0 Å². The van der Waals surface area contributed by atoms with Gasteiger partial charge in [0.2, 0.25) is 0 Å². The Morgan fingerprint density at radius 3 is 2.60 bits per heavy atom. The quantitative estimate of drug-likeness (QED) is 0.560. The van der Waals surface area contributed by atoms with Gasteiger partial charge < -0.3 is 9.47 Å². The minimum absolute atomic E-state index is 0.373. The number of hydrogen-bond acceptors (Lipinski definition) is 3. The van der Waals surface area contributed by atoms with Gasteiger partial charge >= 0.3 is 5.97 Å². The van der Waals surface area contributed by atoms with Crippen molar-refractivity contribution in [3.63, 3.8) is 0 Å². The fraction of sp³-hybridized carbons (Fsp3) is 0.182. The summed E-state index contributed by atoms with van der Waals surface area (Å²) < 4.78 is 22.0. The van der Waals surface area contributed by atoms with Gasteiger partial charge in [-0.25, -0.2) is 9.18 Å². The summed E-state index contributed by atoms with van der Waals surface area (Å²) in [6, 6.07) is 5.28. The van der Waals surface area contributed by atoms with E-state index in [4.69, 9.17) is 11.2 Å². The Hall–Kier alpha value is -2.02. The molecule has 4 heteroatoms. The second kappa shape index (κ2) is 5.01. The van der Waals surface area contributed by atoms with Gasteiger partial charge in [0.05, 0.1) is 0 Å². The van der Waals surface area contributed by atoms with E-state index in [1.54, 1.807) is 6.11 Å². The molecule has 0 aromatic heterocycles. The smallest absolute Gasteiger partial charge is 0.360 e. The summed E-state index contributed by atoms with van der Waals surface area (Å²) in [6.45, 7) is 1.49. The van der Waals surface area contributed by atoms with Crippen LogP contribution >= 0.6 is 0 Å². The third-order valence-electron chi connectivity index (χ3n) is 1.62. The first-order valence-electron chi connectivity index (χ1n) is 4.22. The van der Waals surface area contributed by atoms with Gasteiger partial charge in [-0.2, -0.15) is 0 Å². The predicted octanol–water partition coefficient (Wildman–Crippen LogP) is 1.73. The zero-order valence-electron chi connectivity index (χ0n) is 8.07. The van der Waals surface area contributed by atoms with Gasteiger partial charge in [0.15, 0.2) is 6.10 Å². The molecule has 0 heterocycles. The van der Waals surface area contributed by atoms with Crippen LogP contribution in [-0.2, 0) is 9.53 Å². The van der Waals surface area contributed by atoms with Crippen molar-refractivity contribution < 1.29 is 18.7 Å². The van der Waals surface area contributed by atoms with E-state index in [1.165, 1.54) is 31.2 Å². The molecule has 1 aromatic rings. The fourth-order valence-corrected chi connectivity index (χ4v) is 0.906. The Balaban J connectivity index is 2.59. The molecule has 0 amide bonds. The van der Waals surface area contributed by atoms with E-state index < -0.39 is 12.1 Å². The predicted molar refractivity (Wildman–Crippen MR) is 51.4 cm³/mol. The van der Waals surface area contributed by atoms with Crippen LogP contribution in [0.15, 0.2) is 24.3 Å². The van der Waals surface area contributed by atoms with Crippen molar-refractivity contribution in [3.8, 4) is 18.3 Å². The van der Waals surface area contributed by atoms with Crippen LogP contribution in [0.1, 0.15) is 6.92 Å². The van der Waals surface area contributed by atoms with Crippen molar-refractivity contribution in [3.05, 3.63) is 30.1 Å². The number of terminal acetylenes is 1. The van der Waals surface area contributed by atoms with Gasteiger partial charge in [-0.3, -0.25) is 0 Å². The average molecular weight is 208 g/mol. The molecule has 0 aliphatic carbocycles. The van der Waals surface area contributed by atoms with Crippen LogP contribution in [0.3, 0.4) is 0 Å². The lowest BCUT2D eigenvalue weighted by atomic mass is 10.3. The second-order valence-corrected chi connectivity index (χ2v) is 2.75. The SMILES string of the molecule is C#COC(=O)[C@@H](C)Oc1ccc(F)cc1. The molecule has 78 valence electrons. The van der Waals surface area contributed by atoms with Gasteiger partial charge in [0.25, 0.3) is 0 Å². The minimum atomic E-state index is -0.827. The van der Waals surface area contributed by atoms with Crippen LogP contribution in [0, 0.1) is 18.3 Å². The van der Waals surface area contributed by atoms with E-state index >= 15 is 0 Å². The molecule has 0 unspecified atom stereocenters. The lowest BCUT2D eigenvalue weighted by Gasteiger charge is -2.11. The van der Waals surface area contributed by atoms with Crippen LogP contribution < -0.4 is 4.74 Å². The lowest BCUT2D eigenvalue weighted by Crippen LogP contribution is -2.24. The van der Waals surface area contributed by atoms with Gasteiger partial charge in [-0.15, -0.1) is 0 Å². The Morgan fingerprint density at radius 1 is 1.47 bits per heavy atom. The minimum Gasteiger partial charge on any atom is -0.479 e. The van der Waals surface area contributed by atoms with E-state index in [0.717, 1.165) is 0 Å². The molecule has 0 saturated heterocycles. The van der Waals surface area contributed by atoms with Crippen LogP contribution in [0.4, 0.5) is 4.39 Å². The Bertz CT molecular complexity index is 378. The molecule has 0 N–H and O–H groups in total. The molecule has 0 bridgehead atoms. The number of hydrogen-bond donors (Lipinski definition) is 0. The summed E-state index contributed by atoms with van der Waals surface area (Å²) in [5.41, 5.74) is 0. The summed E-state index contributed by atoms with van der Waals surface area (Å²) in [4.78, 5) is 11.1. The fourth-order valence-electron chi connectivity index (χ4n) is 0.906. The van der Waals surface area contributed by atoms with E-state index in [0.29, 0.717) is 5.75 Å². The maximum absolute atomic E-state index is 12.5. The summed E-state index contributed by atoms with van der Waals surface area (Å²) >= 11 is 0. The van der Waals surface area contributed by atoms with Crippen LogP contribution in [-0.4, -0.2) is 12.1 Å². The standard InChI is InChI=1S/C11H9FO3/c1-3-14-11(13)8(2)15-10-6-4-9(12)5-7-10/h1,4-8H,2H3/t8-/m1/s1. The highest BCUT2D eigenvalue weighted by atomic mass is 19.1. The first kappa shape index (κ1) is 11.1. The van der Waals surface area contributed by atoms with Gasteiger partial charge in [0.1, 0.15) is 17.7 Å². The highest BCUT2D eigenvalue weighted by Crippen LogP contribution is 2.13. The Morgan fingerprint density at radius 2 is 2.07 bits per heavy atom. The van der Waals surface area contributed by atoms with E-state index in [9.17, 15) is 9.18 Å². The summed E-state index contributed by atoms with van der Waals surface area (Å²) in [7, 11) is 0. The molecule has 15 heavy (non-hydrogen) atoms. The molecular formula is C11H9FO3. The van der Waals surface area contributed by atoms with Crippen molar-refractivity contribution >= 4 is 5.97 Å². The molecule has 1 atom stereocenters. The first-order valence-corrected chi connectivity index (χ1v) is 4.22. The van der Waals surface area contributed by atoms with Crippen molar-refractivity contribution in [2.24, 2.45) is 0 Å². The summed E-state index contributed by atoms with van der Waals surface area (Å²) in [5.74, 6) is -0.666. The van der Waals surface area contributed by atoms with Crippen molar-refractivity contribution in [1.82, 2.24) is 0 Å². The second-order valence-electron chi connectivity index (χ2n) is 2.75. The average Bonchev–Trinajstić information content (AvgIpc) is 2.22. The monoisotopic (exact) mass is 208 g/mol. The molecular weight excluding hydrogens is 199 g/mol. The molecule has 0 radical (unpaired) electrons. The molecule has 0 saturated carbocycles. The third kappa shape index (κ3) is 3.31. The van der Waals surface area contributed by atoms with Gasteiger partial charge in [-0.05, 0) is 31.2 Å². The van der Waals surface area contributed by atoms with Crippen molar-refractivity contribution in [2.75, 3.05) is 0 Å². The maximum Gasteiger partial charge on any atom is 0.360 e. The van der Waals surface area contributed by atoms with Crippen molar-refractivity contribution in [1.29, 1.82) is 0 Å². The summed E-state index contributed by atoms with van der Waals surface area (Å²) in [5, 5.41) is 0. The van der Waals surface area contributed by atoms with E-state index in [-0.39, 0.29) is 5.82 Å². The Labute approximate surface area is 86.8 Å². The lowest BCUT2D eigenvalue weighted by molar-refractivity contribution is -0.143. The largest absolute Gasteiger partial charge is 0.479 e. The molecule has 0 fully saturated rings. The van der Waals surface area contributed by atoms with E-state index in [1.807, 2.05) is 0 Å². The molecule has 1 rings (SSSR count). The number of ether oxygens (including phenoxy) is 2. The topological polar surface area (TPSA) is 35.5 Å². The van der Waals surface area contributed by atoms with Gasteiger partial charge in [0, 0.05) is 0 Å². The van der Waals surface area contributed by atoms with E-state index in [2.05, 4.69) is 4.74 Å². The van der Waals surface area contributed by atoms with Crippen LogP contribution in [0.5, 0.6) is 5.75 Å². The number of esters is 1. The molecule has 1 aromatic carbocycles. The molecule has 0 aliphatic heterocycles. The van der Waals surface area contributed by atoms with Gasteiger partial charge in [-0.1, -0.05) is 6.42 Å². The highest BCUT2D eigenvalue weighted by Gasteiger charge is 2.15. The number of carbonyl (C=O) groups excluding carboxylic acids is 1. The normalized spacial score (nSPS) is 11.3. The molecule has 0 spiro atoms. The number of benzene rings is 1.